The quantitative estimate of drug-likeness (QED) is 0.775. The molecule has 3 nitrogen and oxygen atoms in total. The van der Waals surface area contributed by atoms with Crippen molar-refractivity contribution in [2.45, 2.75) is 13.3 Å². The Kier molecular flexibility index (Phi) is 3.69. The van der Waals surface area contributed by atoms with E-state index in [0.29, 0.717) is 18.5 Å². The van der Waals surface area contributed by atoms with Crippen LogP contribution in [0.4, 0.5) is 0 Å². The van der Waals surface area contributed by atoms with Gasteiger partial charge in [0.25, 0.3) is 0 Å². The molecule has 0 aliphatic rings. The first-order valence-electron chi connectivity index (χ1n) is 4.52. The Hall–Kier alpha value is -1.82. The van der Waals surface area contributed by atoms with E-state index < -0.39 is 0 Å². The second-order valence-electron chi connectivity index (χ2n) is 2.94. The van der Waals surface area contributed by atoms with Gasteiger partial charge < -0.3 is 5.32 Å². The summed E-state index contributed by atoms with van der Waals surface area (Å²) in [4.78, 5) is 11.2. The fourth-order valence-electron chi connectivity index (χ4n) is 1.14. The highest BCUT2D eigenvalue weighted by Crippen LogP contribution is 2.03. The Labute approximate surface area is 83.4 Å². The lowest BCUT2D eigenvalue weighted by atomic mass is 10.1. The lowest BCUT2D eigenvalue weighted by Gasteiger charge is -2.01. The third kappa shape index (κ3) is 2.91. The van der Waals surface area contributed by atoms with Crippen LogP contribution in [0, 0.1) is 11.3 Å². The van der Waals surface area contributed by atoms with Gasteiger partial charge in [0.15, 0.2) is 0 Å². The summed E-state index contributed by atoms with van der Waals surface area (Å²) >= 11 is 0. The number of carbonyl (C=O) groups is 1. The number of nitrogens with one attached hydrogen (secondary N) is 1. The predicted octanol–water partition coefficient (Wildman–Crippen LogP) is 1.24. The van der Waals surface area contributed by atoms with Crippen molar-refractivity contribution in [2.24, 2.45) is 0 Å². The molecule has 1 N–H and O–H groups in total. The Morgan fingerprint density at radius 3 is 2.57 bits per heavy atom. The van der Waals surface area contributed by atoms with Crippen LogP contribution in [-0.2, 0) is 11.2 Å². The molecule has 14 heavy (non-hydrogen) atoms. The number of nitrogens with zero attached hydrogens (tertiary/aromatic N) is 1. The van der Waals surface area contributed by atoms with Gasteiger partial charge in [-0.3, -0.25) is 4.79 Å². The van der Waals surface area contributed by atoms with Crippen molar-refractivity contribution >= 4 is 5.91 Å². The molecular formula is C11H12N2O. The number of amides is 1. The number of hydrogen-bond acceptors (Lipinski definition) is 2. The van der Waals surface area contributed by atoms with Crippen LogP contribution in [0.15, 0.2) is 24.3 Å². The molecule has 0 spiro atoms. The van der Waals surface area contributed by atoms with E-state index in [-0.39, 0.29) is 5.91 Å². The van der Waals surface area contributed by atoms with Crippen molar-refractivity contribution in [3.05, 3.63) is 35.4 Å². The molecule has 0 atom stereocenters. The van der Waals surface area contributed by atoms with Gasteiger partial charge in [0, 0.05) is 6.54 Å². The first kappa shape index (κ1) is 10.3. The average molecular weight is 188 g/mol. The number of likely N-dealkylation sites (N-methyl/N-ethyl adjacent to an activating group) is 1. The lowest BCUT2D eigenvalue weighted by molar-refractivity contribution is -0.120. The normalized spacial score (nSPS) is 9.14. The molecular weight excluding hydrogens is 176 g/mol. The van der Waals surface area contributed by atoms with Crippen LogP contribution in [0.25, 0.3) is 0 Å². The standard InChI is InChI=1S/C11H12N2O/c1-2-13-11(14)7-9-3-5-10(8-12)6-4-9/h3-6H,2,7H2,1H3,(H,13,14). The number of nitriles is 1. The minimum atomic E-state index is 0.0113. The molecule has 0 radical (unpaired) electrons. The number of benzene rings is 1. The second-order valence-corrected chi connectivity index (χ2v) is 2.94. The molecule has 0 saturated carbocycles. The van der Waals surface area contributed by atoms with Crippen molar-refractivity contribution in [1.29, 1.82) is 5.26 Å². The minimum absolute atomic E-state index is 0.0113. The maximum atomic E-state index is 11.2. The van der Waals surface area contributed by atoms with Crippen molar-refractivity contribution in [2.75, 3.05) is 6.54 Å². The molecule has 0 aromatic heterocycles. The van der Waals surface area contributed by atoms with Crippen LogP contribution in [0.5, 0.6) is 0 Å². The zero-order valence-corrected chi connectivity index (χ0v) is 8.08. The summed E-state index contributed by atoms with van der Waals surface area (Å²) in [6.07, 6.45) is 0.375. The van der Waals surface area contributed by atoms with Crippen LogP contribution in [0.3, 0.4) is 0 Å². The number of hydrogen-bond donors (Lipinski definition) is 1. The highest BCUT2D eigenvalue weighted by atomic mass is 16.1. The van der Waals surface area contributed by atoms with Crippen LogP contribution < -0.4 is 5.32 Å². The van der Waals surface area contributed by atoms with Gasteiger partial charge in [0.2, 0.25) is 5.91 Å². The largest absolute Gasteiger partial charge is 0.356 e. The molecule has 72 valence electrons. The number of rotatable bonds is 3. The van der Waals surface area contributed by atoms with Gasteiger partial charge in [0.05, 0.1) is 18.1 Å². The van der Waals surface area contributed by atoms with E-state index in [1.165, 1.54) is 0 Å². The second kappa shape index (κ2) is 5.03. The molecule has 0 aliphatic carbocycles. The van der Waals surface area contributed by atoms with Gasteiger partial charge in [-0.2, -0.15) is 5.26 Å². The minimum Gasteiger partial charge on any atom is -0.356 e. The van der Waals surface area contributed by atoms with Crippen molar-refractivity contribution in [1.82, 2.24) is 5.32 Å². The van der Waals surface area contributed by atoms with Crippen LogP contribution >= 0.6 is 0 Å². The summed E-state index contributed by atoms with van der Waals surface area (Å²) in [6.45, 7) is 2.53. The summed E-state index contributed by atoms with van der Waals surface area (Å²) in [5.74, 6) is 0.0113. The van der Waals surface area contributed by atoms with E-state index in [2.05, 4.69) is 5.32 Å². The molecule has 1 rings (SSSR count). The van der Waals surface area contributed by atoms with E-state index in [1.54, 1.807) is 24.3 Å². The lowest BCUT2D eigenvalue weighted by Crippen LogP contribution is -2.24. The fraction of sp³-hybridized carbons (Fsp3) is 0.273. The molecule has 0 heterocycles. The van der Waals surface area contributed by atoms with Crippen LogP contribution in [0.2, 0.25) is 0 Å². The highest BCUT2D eigenvalue weighted by Gasteiger charge is 2.01. The number of carbonyl (C=O) groups excluding carboxylic acids is 1. The molecule has 0 fully saturated rings. The summed E-state index contributed by atoms with van der Waals surface area (Å²) in [7, 11) is 0. The molecule has 1 aromatic rings. The summed E-state index contributed by atoms with van der Waals surface area (Å²) in [5.41, 5.74) is 1.54. The van der Waals surface area contributed by atoms with Gasteiger partial charge in [-0.25, -0.2) is 0 Å². The topological polar surface area (TPSA) is 52.9 Å². The molecule has 0 aliphatic heterocycles. The van der Waals surface area contributed by atoms with Gasteiger partial charge in [-0.15, -0.1) is 0 Å². The monoisotopic (exact) mass is 188 g/mol. The third-order valence-corrected chi connectivity index (χ3v) is 1.82. The van der Waals surface area contributed by atoms with E-state index in [4.69, 9.17) is 5.26 Å². The zero-order valence-electron chi connectivity index (χ0n) is 8.08. The highest BCUT2D eigenvalue weighted by molar-refractivity contribution is 5.78. The third-order valence-electron chi connectivity index (χ3n) is 1.82. The molecule has 1 amide bonds. The summed E-state index contributed by atoms with van der Waals surface area (Å²) in [5, 5.41) is 11.3. The Bertz CT molecular complexity index is 349. The van der Waals surface area contributed by atoms with Gasteiger partial charge in [-0.1, -0.05) is 12.1 Å². The maximum absolute atomic E-state index is 11.2. The fourth-order valence-corrected chi connectivity index (χ4v) is 1.14. The Balaban J connectivity index is 2.61. The molecule has 3 heteroatoms. The first-order chi connectivity index (χ1) is 6.76. The van der Waals surface area contributed by atoms with E-state index >= 15 is 0 Å². The SMILES string of the molecule is CCNC(=O)Cc1ccc(C#N)cc1. The predicted molar refractivity (Wildman–Crippen MR) is 53.5 cm³/mol. The Morgan fingerprint density at radius 1 is 1.43 bits per heavy atom. The maximum Gasteiger partial charge on any atom is 0.224 e. The first-order valence-corrected chi connectivity index (χ1v) is 4.52. The smallest absolute Gasteiger partial charge is 0.224 e. The summed E-state index contributed by atoms with van der Waals surface area (Å²) in [6, 6.07) is 9.06. The molecule has 0 unspecified atom stereocenters. The van der Waals surface area contributed by atoms with E-state index in [9.17, 15) is 4.79 Å². The van der Waals surface area contributed by atoms with Gasteiger partial charge in [0.1, 0.15) is 0 Å². The van der Waals surface area contributed by atoms with Crippen molar-refractivity contribution in [3.63, 3.8) is 0 Å². The van der Waals surface area contributed by atoms with E-state index in [0.717, 1.165) is 5.56 Å². The van der Waals surface area contributed by atoms with Gasteiger partial charge >= 0.3 is 0 Å². The van der Waals surface area contributed by atoms with E-state index in [1.807, 2.05) is 13.0 Å². The molecule has 0 bridgehead atoms. The average Bonchev–Trinajstić information content (AvgIpc) is 2.19. The van der Waals surface area contributed by atoms with Crippen LogP contribution in [-0.4, -0.2) is 12.5 Å². The zero-order chi connectivity index (χ0) is 10.4. The van der Waals surface area contributed by atoms with Crippen LogP contribution in [0.1, 0.15) is 18.1 Å². The Morgan fingerprint density at radius 2 is 2.07 bits per heavy atom. The van der Waals surface area contributed by atoms with Gasteiger partial charge in [-0.05, 0) is 24.6 Å². The molecule has 1 aromatic carbocycles. The molecule has 0 saturated heterocycles. The van der Waals surface area contributed by atoms with Crippen molar-refractivity contribution < 1.29 is 4.79 Å². The van der Waals surface area contributed by atoms with Crippen molar-refractivity contribution in [3.8, 4) is 6.07 Å². The summed E-state index contributed by atoms with van der Waals surface area (Å²) < 4.78 is 0.